The molecule has 5 nitrogen and oxygen atoms in total. The minimum absolute atomic E-state index is 0.201. The predicted molar refractivity (Wildman–Crippen MR) is 86.1 cm³/mol. The molecule has 1 saturated heterocycles. The summed E-state index contributed by atoms with van der Waals surface area (Å²) in [6, 6.07) is 0.696. The molecule has 130 valence electrons. The molecule has 1 aliphatic heterocycles. The number of carbonyl (C=O) groups excluding carboxylic acids is 1. The maximum absolute atomic E-state index is 13.9. The van der Waals surface area contributed by atoms with Gasteiger partial charge in [-0.1, -0.05) is 0 Å². The number of piperidine rings is 1. The molecule has 0 bridgehead atoms. The van der Waals surface area contributed by atoms with Crippen LogP contribution >= 0.6 is 0 Å². The quantitative estimate of drug-likeness (QED) is 0.798. The Morgan fingerprint density at radius 2 is 2.08 bits per heavy atom. The number of fused-ring (bicyclic) bond motifs is 2. The Hall–Kier alpha value is -2.44. The summed E-state index contributed by atoms with van der Waals surface area (Å²) < 4.78 is 27.0. The highest BCUT2D eigenvalue weighted by Gasteiger charge is 2.45. The van der Waals surface area contributed by atoms with Gasteiger partial charge in [0, 0.05) is 30.8 Å². The van der Waals surface area contributed by atoms with E-state index in [-0.39, 0.29) is 11.1 Å². The number of rotatable bonds is 1. The number of likely N-dealkylation sites (tertiary alicyclic amines) is 1. The van der Waals surface area contributed by atoms with Gasteiger partial charge in [0.15, 0.2) is 11.5 Å². The van der Waals surface area contributed by atoms with Crippen LogP contribution in [0.25, 0.3) is 0 Å². The number of hydrogen-bond donors (Lipinski definition) is 0. The molecular formula is C18H18F2N4O. The van der Waals surface area contributed by atoms with Crippen LogP contribution in [0.4, 0.5) is 8.78 Å². The van der Waals surface area contributed by atoms with E-state index < -0.39 is 17.5 Å². The number of aryl methyl sites for hydroxylation is 2. The normalized spacial score (nSPS) is 22.3. The topological polar surface area (TPSA) is 59.0 Å². The summed E-state index contributed by atoms with van der Waals surface area (Å²) in [4.78, 5) is 26.9. The fourth-order valence-electron chi connectivity index (χ4n) is 4.05. The lowest BCUT2D eigenvalue weighted by molar-refractivity contribution is 0.0622. The summed E-state index contributed by atoms with van der Waals surface area (Å²) >= 11 is 0. The van der Waals surface area contributed by atoms with Crippen LogP contribution in [0.5, 0.6) is 0 Å². The lowest BCUT2D eigenvalue weighted by atomic mass is 9.77. The van der Waals surface area contributed by atoms with Gasteiger partial charge >= 0.3 is 0 Å². The maximum Gasteiger partial charge on any atom is 0.275 e. The first kappa shape index (κ1) is 16.1. The van der Waals surface area contributed by atoms with E-state index in [1.54, 1.807) is 4.90 Å². The molecule has 25 heavy (non-hydrogen) atoms. The second-order valence-electron chi connectivity index (χ2n) is 6.89. The Morgan fingerprint density at radius 3 is 2.88 bits per heavy atom. The second-order valence-corrected chi connectivity index (χ2v) is 6.89. The first-order valence-electron chi connectivity index (χ1n) is 8.42. The molecule has 0 radical (unpaired) electrons. The Kier molecular flexibility index (Phi) is 3.74. The van der Waals surface area contributed by atoms with E-state index in [0.29, 0.717) is 19.2 Å². The molecule has 2 aromatic heterocycles. The summed E-state index contributed by atoms with van der Waals surface area (Å²) in [6.07, 6.45) is 6.30. The van der Waals surface area contributed by atoms with Gasteiger partial charge in [0.05, 0.1) is 11.9 Å². The van der Waals surface area contributed by atoms with Crippen LogP contribution in [-0.2, 0) is 11.8 Å². The Labute approximate surface area is 144 Å². The number of pyridine rings is 1. The first-order valence-corrected chi connectivity index (χ1v) is 8.42. The highest BCUT2D eigenvalue weighted by molar-refractivity contribution is 5.92. The van der Waals surface area contributed by atoms with Gasteiger partial charge in [0.2, 0.25) is 0 Å². The molecule has 4 rings (SSSR count). The SMILES string of the molecule is Cc1ncc2c(n1)C1(CCCN(C(=O)c3ncc(F)cc3F)C1)CC2. The molecule has 1 aliphatic carbocycles. The first-order chi connectivity index (χ1) is 12.0. The molecule has 1 fully saturated rings. The third-order valence-corrected chi connectivity index (χ3v) is 5.23. The third-order valence-electron chi connectivity index (χ3n) is 5.23. The van der Waals surface area contributed by atoms with Crippen LogP contribution in [-0.4, -0.2) is 38.8 Å². The zero-order chi connectivity index (χ0) is 17.6. The zero-order valence-corrected chi connectivity index (χ0v) is 13.9. The Bertz CT molecular complexity index is 853. The van der Waals surface area contributed by atoms with Crippen molar-refractivity contribution in [3.63, 3.8) is 0 Å². The van der Waals surface area contributed by atoms with Gasteiger partial charge in [-0.05, 0) is 38.2 Å². The number of aromatic nitrogens is 3. The molecule has 0 aromatic carbocycles. The maximum atomic E-state index is 13.9. The second kappa shape index (κ2) is 5.82. The van der Waals surface area contributed by atoms with E-state index >= 15 is 0 Å². The summed E-state index contributed by atoms with van der Waals surface area (Å²) in [7, 11) is 0. The van der Waals surface area contributed by atoms with Crippen molar-refractivity contribution in [2.45, 2.75) is 38.0 Å². The van der Waals surface area contributed by atoms with Crippen LogP contribution in [0.1, 0.15) is 46.8 Å². The molecule has 0 saturated carbocycles. The minimum atomic E-state index is -0.922. The van der Waals surface area contributed by atoms with Crippen molar-refractivity contribution in [2.75, 3.05) is 13.1 Å². The van der Waals surface area contributed by atoms with Gasteiger partial charge in [-0.25, -0.2) is 23.7 Å². The lowest BCUT2D eigenvalue weighted by Gasteiger charge is -2.40. The number of nitrogens with zero attached hydrogens (tertiary/aromatic N) is 4. The molecule has 1 spiro atoms. The molecule has 0 N–H and O–H groups in total. The third kappa shape index (κ3) is 2.67. The zero-order valence-electron chi connectivity index (χ0n) is 13.9. The summed E-state index contributed by atoms with van der Waals surface area (Å²) in [5, 5.41) is 0. The van der Waals surface area contributed by atoms with Crippen LogP contribution in [0.15, 0.2) is 18.5 Å². The molecule has 2 aliphatic rings. The van der Waals surface area contributed by atoms with Crippen LogP contribution in [0, 0.1) is 18.6 Å². The summed E-state index contributed by atoms with van der Waals surface area (Å²) in [5.41, 5.74) is 1.62. The average molecular weight is 344 g/mol. The predicted octanol–water partition coefficient (Wildman–Crippen LogP) is 2.58. The van der Waals surface area contributed by atoms with Crippen LogP contribution in [0.3, 0.4) is 0 Å². The fourth-order valence-corrected chi connectivity index (χ4v) is 4.05. The number of hydrogen-bond acceptors (Lipinski definition) is 4. The molecule has 1 amide bonds. The van der Waals surface area contributed by atoms with Gasteiger partial charge < -0.3 is 4.90 Å². The van der Waals surface area contributed by atoms with E-state index in [1.807, 2.05) is 13.1 Å². The number of amides is 1. The van der Waals surface area contributed by atoms with E-state index in [9.17, 15) is 13.6 Å². The van der Waals surface area contributed by atoms with Gasteiger partial charge in [-0.3, -0.25) is 4.79 Å². The van der Waals surface area contributed by atoms with Crippen molar-refractivity contribution in [2.24, 2.45) is 0 Å². The average Bonchev–Trinajstić information content (AvgIpc) is 2.92. The summed E-state index contributed by atoms with van der Waals surface area (Å²) in [6.45, 7) is 2.88. The van der Waals surface area contributed by atoms with Crippen molar-refractivity contribution in [3.8, 4) is 0 Å². The van der Waals surface area contributed by atoms with Crippen molar-refractivity contribution < 1.29 is 13.6 Å². The molecule has 2 aromatic rings. The highest BCUT2D eigenvalue weighted by atomic mass is 19.1. The van der Waals surface area contributed by atoms with Gasteiger partial charge in [0.1, 0.15) is 11.6 Å². The van der Waals surface area contributed by atoms with Crippen LogP contribution < -0.4 is 0 Å². The van der Waals surface area contributed by atoms with E-state index in [1.165, 1.54) is 0 Å². The molecule has 1 unspecified atom stereocenters. The fraction of sp³-hybridized carbons (Fsp3) is 0.444. The number of halogens is 2. The number of carbonyl (C=O) groups is 1. The lowest BCUT2D eigenvalue weighted by Crippen LogP contribution is -2.48. The molecular weight excluding hydrogens is 326 g/mol. The Morgan fingerprint density at radius 1 is 1.24 bits per heavy atom. The van der Waals surface area contributed by atoms with Gasteiger partial charge in [-0.2, -0.15) is 0 Å². The minimum Gasteiger partial charge on any atom is -0.336 e. The van der Waals surface area contributed by atoms with Crippen molar-refractivity contribution in [3.05, 3.63) is 52.9 Å². The van der Waals surface area contributed by atoms with Crippen molar-refractivity contribution >= 4 is 5.91 Å². The van der Waals surface area contributed by atoms with E-state index in [2.05, 4.69) is 15.0 Å². The molecule has 1 atom stereocenters. The van der Waals surface area contributed by atoms with Gasteiger partial charge in [-0.15, -0.1) is 0 Å². The molecule has 3 heterocycles. The summed E-state index contributed by atoms with van der Waals surface area (Å²) in [5.74, 6) is -1.49. The monoisotopic (exact) mass is 344 g/mol. The standard InChI is InChI=1S/C18H18F2N4O/c1-11-21-8-12-3-5-18(16(12)23-11)4-2-6-24(10-18)17(25)15-14(20)7-13(19)9-22-15/h7-9H,2-6,10H2,1H3. The van der Waals surface area contributed by atoms with E-state index in [0.717, 1.165) is 49.0 Å². The van der Waals surface area contributed by atoms with Gasteiger partial charge in [0.25, 0.3) is 5.91 Å². The smallest absolute Gasteiger partial charge is 0.275 e. The van der Waals surface area contributed by atoms with Crippen LogP contribution in [0.2, 0.25) is 0 Å². The Balaban J connectivity index is 1.64. The largest absolute Gasteiger partial charge is 0.336 e. The highest BCUT2D eigenvalue weighted by Crippen LogP contribution is 2.44. The van der Waals surface area contributed by atoms with Crippen molar-refractivity contribution in [1.82, 2.24) is 19.9 Å². The van der Waals surface area contributed by atoms with E-state index in [4.69, 9.17) is 0 Å². The molecule has 7 heteroatoms. The van der Waals surface area contributed by atoms with Crippen molar-refractivity contribution in [1.29, 1.82) is 0 Å².